The molecular formula is C17H15ClFNO4. The number of carbonyl (C=O) groups is 2. The summed E-state index contributed by atoms with van der Waals surface area (Å²) in [6.07, 6.45) is -1.04. The smallest absolute Gasteiger partial charge is 0.344 e. The van der Waals surface area contributed by atoms with Crippen molar-refractivity contribution in [1.82, 2.24) is 0 Å². The summed E-state index contributed by atoms with van der Waals surface area (Å²) in [5.74, 6) is -1.95. The summed E-state index contributed by atoms with van der Waals surface area (Å²) >= 11 is 5.82. The SMILES string of the molecule is CC(OC(=O)COc1ccccc1F)C(=O)Nc1cccc(Cl)c1. The molecule has 0 saturated heterocycles. The number of halogens is 2. The van der Waals surface area contributed by atoms with Crippen LogP contribution in [0.15, 0.2) is 48.5 Å². The molecule has 0 aliphatic carbocycles. The number of carbonyl (C=O) groups excluding carboxylic acids is 2. The molecule has 2 aromatic carbocycles. The summed E-state index contributed by atoms with van der Waals surface area (Å²) < 4.78 is 23.3. The van der Waals surface area contributed by atoms with E-state index in [0.29, 0.717) is 10.7 Å². The Morgan fingerprint density at radius 3 is 2.67 bits per heavy atom. The Bertz CT molecular complexity index is 738. The lowest BCUT2D eigenvalue weighted by Gasteiger charge is -2.14. The summed E-state index contributed by atoms with van der Waals surface area (Å²) in [4.78, 5) is 23.6. The molecule has 1 atom stereocenters. The van der Waals surface area contributed by atoms with E-state index in [1.807, 2.05) is 0 Å². The number of esters is 1. The molecule has 1 unspecified atom stereocenters. The van der Waals surface area contributed by atoms with E-state index in [0.717, 1.165) is 0 Å². The first-order chi connectivity index (χ1) is 11.5. The van der Waals surface area contributed by atoms with Crippen molar-refractivity contribution in [2.24, 2.45) is 0 Å². The van der Waals surface area contributed by atoms with Crippen molar-refractivity contribution in [3.63, 3.8) is 0 Å². The molecule has 0 aromatic heterocycles. The maximum atomic E-state index is 13.4. The molecule has 0 heterocycles. The maximum Gasteiger partial charge on any atom is 0.344 e. The van der Waals surface area contributed by atoms with Crippen LogP contribution in [0.3, 0.4) is 0 Å². The van der Waals surface area contributed by atoms with Crippen LogP contribution in [0.5, 0.6) is 5.75 Å². The topological polar surface area (TPSA) is 64.6 Å². The number of para-hydroxylation sites is 1. The van der Waals surface area contributed by atoms with Crippen molar-refractivity contribution < 1.29 is 23.5 Å². The van der Waals surface area contributed by atoms with Gasteiger partial charge in [-0.25, -0.2) is 9.18 Å². The molecule has 0 aliphatic rings. The van der Waals surface area contributed by atoms with Gasteiger partial charge in [-0.05, 0) is 37.3 Å². The molecule has 24 heavy (non-hydrogen) atoms. The third-order valence-corrected chi connectivity index (χ3v) is 3.19. The minimum absolute atomic E-state index is 0.0644. The Balaban J connectivity index is 1.82. The number of benzene rings is 2. The van der Waals surface area contributed by atoms with Crippen LogP contribution in [0.4, 0.5) is 10.1 Å². The van der Waals surface area contributed by atoms with E-state index >= 15 is 0 Å². The van der Waals surface area contributed by atoms with E-state index < -0.39 is 30.4 Å². The lowest BCUT2D eigenvalue weighted by Crippen LogP contribution is -2.31. The molecule has 7 heteroatoms. The van der Waals surface area contributed by atoms with Gasteiger partial charge in [-0.3, -0.25) is 4.79 Å². The Morgan fingerprint density at radius 2 is 1.96 bits per heavy atom. The number of amides is 1. The zero-order valence-corrected chi connectivity index (χ0v) is 13.5. The molecule has 0 fully saturated rings. The standard InChI is InChI=1S/C17H15ClFNO4/c1-11(17(22)20-13-6-4-5-12(18)9-13)24-16(21)10-23-15-8-3-2-7-14(15)19/h2-9,11H,10H2,1H3,(H,20,22). The van der Waals surface area contributed by atoms with Gasteiger partial charge in [-0.1, -0.05) is 29.8 Å². The molecule has 0 saturated carbocycles. The summed E-state index contributed by atoms with van der Waals surface area (Å²) in [6.45, 7) is 0.913. The third kappa shape index (κ3) is 5.24. The van der Waals surface area contributed by atoms with Crippen LogP contribution in [-0.4, -0.2) is 24.6 Å². The zero-order chi connectivity index (χ0) is 17.5. The highest BCUT2D eigenvalue weighted by molar-refractivity contribution is 6.30. The van der Waals surface area contributed by atoms with Gasteiger partial charge in [0.25, 0.3) is 5.91 Å². The van der Waals surface area contributed by atoms with Crippen LogP contribution < -0.4 is 10.1 Å². The van der Waals surface area contributed by atoms with Crippen LogP contribution >= 0.6 is 11.6 Å². The Morgan fingerprint density at radius 1 is 1.21 bits per heavy atom. The molecular weight excluding hydrogens is 337 g/mol. The fraction of sp³-hybridized carbons (Fsp3) is 0.176. The van der Waals surface area contributed by atoms with Crippen LogP contribution in [0, 0.1) is 5.82 Å². The lowest BCUT2D eigenvalue weighted by molar-refractivity contribution is -0.155. The van der Waals surface area contributed by atoms with Crippen LogP contribution in [0.1, 0.15) is 6.92 Å². The number of rotatable bonds is 6. The average molecular weight is 352 g/mol. The average Bonchev–Trinajstić information content (AvgIpc) is 2.54. The second kappa shape index (κ2) is 8.31. The molecule has 0 spiro atoms. The minimum Gasteiger partial charge on any atom is -0.479 e. The third-order valence-electron chi connectivity index (χ3n) is 2.95. The number of ether oxygens (including phenoxy) is 2. The summed E-state index contributed by atoms with van der Waals surface area (Å²) in [5, 5.41) is 3.04. The first-order valence-corrected chi connectivity index (χ1v) is 7.47. The van der Waals surface area contributed by atoms with Crippen molar-refractivity contribution in [2.75, 3.05) is 11.9 Å². The first-order valence-electron chi connectivity index (χ1n) is 7.09. The Hall–Kier alpha value is -2.60. The number of nitrogens with one attached hydrogen (secondary N) is 1. The summed E-state index contributed by atoms with van der Waals surface area (Å²) in [6, 6.07) is 12.2. The monoisotopic (exact) mass is 351 g/mol. The van der Waals surface area contributed by atoms with Gasteiger partial charge < -0.3 is 14.8 Å². The molecule has 0 aliphatic heterocycles. The van der Waals surface area contributed by atoms with Gasteiger partial charge in [0, 0.05) is 10.7 Å². The van der Waals surface area contributed by atoms with Crippen molar-refractivity contribution in [3.05, 3.63) is 59.4 Å². The molecule has 0 radical (unpaired) electrons. The van der Waals surface area contributed by atoms with Crippen LogP contribution in [0.25, 0.3) is 0 Å². The van der Waals surface area contributed by atoms with E-state index in [1.54, 1.807) is 30.3 Å². The van der Waals surface area contributed by atoms with Gasteiger partial charge in [0.05, 0.1) is 0 Å². The molecule has 0 bridgehead atoms. The van der Waals surface area contributed by atoms with Crippen molar-refractivity contribution in [2.45, 2.75) is 13.0 Å². The molecule has 5 nitrogen and oxygen atoms in total. The minimum atomic E-state index is -1.04. The zero-order valence-electron chi connectivity index (χ0n) is 12.8. The summed E-state index contributed by atoms with van der Waals surface area (Å²) in [5.41, 5.74) is 0.484. The van der Waals surface area contributed by atoms with Gasteiger partial charge in [0.1, 0.15) is 0 Å². The highest BCUT2D eigenvalue weighted by Gasteiger charge is 2.18. The fourth-order valence-electron chi connectivity index (χ4n) is 1.79. The quantitative estimate of drug-likeness (QED) is 0.810. The van der Waals surface area contributed by atoms with Gasteiger partial charge in [-0.2, -0.15) is 0 Å². The van der Waals surface area contributed by atoms with E-state index in [9.17, 15) is 14.0 Å². The second-order valence-corrected chi connectivity index (χ2v) is 5.29. The normalized spacial score (nSPS) is 11.5. The highest BCUT2D eigenvalue weighted by atomic mass is 35.5. The summed E-state index contributed by atoms with van der Waals surface area (Å²) in [7, 11) is 0. The van der Waals surface area contributed by atoms with Gasteiger partial charge >= 0.3 is 5.97 Å². The van der Waals surface area contributed by atoms with Crippen LogP contribution in [-0.2, 0) is 14.3 Å². The molecule has 1 amide bonds. The number of anilines is 1. The van der Waals surface area contributed by atoms with Gasteiger partial charge in [0.2, 0.25) is 0 Å². The molecule has 2 aromatic rings. The van der Waals surface area contributed by atoms with Crippen molar-refractivity contribution in [3.8, 4) is 5.75 Å². The largest absolute Gasteiger partial charge is 0.479 e. The predicted molar refractivity (Wildman–Crippen MR) is 87.5 cm³/mol. The molecule has 1 N–H and O–H groups in total. The second-order valence-electron chi connectivity index (χ2n) is 4.85. The van der Waals surface area contributed by atoms with E-state index in [1.165, 1.54) is 25.1 Å². The predicted octanol–water partition coefficient (Wildman–Crippen LogP) is 3.43. The number of hydrogen-bond donors (Lipinski definition) is 1. The Kier molecular flexibility index (Phi) is 6.14. The van der Waals surface area contributed by atoms with E-state index in [4.69, 9.17) is 21.1 Å². The van der Waals surface area contributed by atoms with E-state index in [2.05, 4.69) is 5.32 Å². The van der Waals surface area contributed by atoms with Crippen molar-refractivity contribution >= 4 is 29.2 Å². The first kappa shape index (κ1) is 17.7. The maximum absolute atomic E-state index is 13.4. The van der Waals surface area contributed by atoms with Gasteiger partial charge in [0.15, 0.2) is 24.3 Å². The number of hydrogen-bond acceptors (Lipinski definition) is 4. The van der Waals surface area contributed by atoms with E-state index in [-0.39, 0.29) is 5.75 Å². The van der Waals surface area contributed by atoms with Crippen molar-refractivity contribution in [1.29, 1.82) is 0 Å². The van der Waals surface area contributed by atoms with Crippen LogP contribution in [0.2, 0.25) is 5.02 Å². The van der Waals surface area contributed by atoms with Gasteiger partial charge in [-0.15, -0.1) is 0 Å². The molecule has 2 rings (SSSR count). The Labute approximate surface area is 143 Å². The lowest BCUT2D eigenvalue weighted by atomic mass is 10.3. The molecule has 126 valence electrons. The fourth-order valence-corrected chi connectivity index (χ4v) is 1.98. The highest BCUT2D eigenvalue weighted by Crippen LogP contribution is 2.16.